The van der Waals surface area contributed by atoms with Crippen molar-refractivity contribution in [3.63, 3.8) is 0 Å². The molecular weight excluding hydrogens is 368 g/mol. The molecule has 144 valence electrons. The average Bonchev–Trinajstić information content (AvgIpc) is 3.17. The van der Waals surface area contributed by atoms with Crippen LogP contribution in [0, 0.1) is 0 Å². The van der Waals surface area contributed by atoms with Crippen molar-refractivity contribution in [2.45, 2.75) is 18.9 Å². The molecular formula is C22H18N4O3. The zero-order chi connectivity index (χ0) is 19.8. The molecule has 0 unspecified atom stereocenters. The molecule has 0 radical (unpaired) electrons. The Morgan fingerprint density at radius 1 is 1.10 bits per heavy atom. The Labute approximate surface area is 165 Å². The molecule has 1 saturated heterocycles. The molecule has 1 fully saturated rings. The van der Waals surface area contributed by atoms with Crippen LogP contribution in [0.5, 0.6) is 5.88 Å². The number of rotatable bonds is 4. The molecule has 4 heterocycles. The number of carbonyl (C=O) groups is 1. The third kappa shape index (κ3) is 3.20. The summed E-state index contributed by atoms with van der Waals surface area (Å²) in [6, 6.07) is 9.46. The highest BCUT2D eigenvalue weighted by Gasteiger charge is 2.21. The SMILES string of the molecule is O=C1CC[C@@H](COc2nccc3cc4c(=O)[nH]cc(-c5cccnc5)c4cc23)N1. The maximum Gasteiger partial charge on any atom is 0.255 e. The normalized spacial score (nSPS) is 16.3. The number of benzene rings is 1. The van der Waals surface area contributed by atoms with Gasteiger partial charge in [-0.2, -0.15) is 0 Å². The van der Waals surface area contributed by atoms with Crippen molar-refractivity contribution in [3.8, 4) is 17.0 Å². The van der Waals surface area contributed by atoms with E-state index in [1.165, 1.54) is 0 Å². The van der Waals surface area contributed by atoms with Crippen LogP contribution in [0.15, 0.2) is 59.9 Å². The summed E-state index contributed by atoms with van der Waals surface area (Å²) in [5.41, 5.74) is 1.64. The van der Waals surface area contributed by atoms with Gasteiger partial charge in [0.05, 0.1) is 6.04 Å². The van der Waals surface area contributed by atoms with Crippen molar-refractivity contribution in [1.82, 2.24) is 20.3 Å². The van der Waals surface area contributed by atoms with Gasteiger partial charge in [0.25, 0.3) is 5.56 Å². The minimum atomic E-state index is -0.150. The van der Waals surface area contributed by atoms with Gasteiger partial charge in [0.2, 0.25) is 11.8 Å². The number of hydrogen-bond acceptors (Lipinski definition) is 5. The molecule has 0 saturated carbocycles. The quantitative estimate of drug-likeness (QED) is 0.526. The molecule has 1 atom stereocenters. The summed E-state index contributed by atoms with van der Waals surface area (Å²) in [4.78, 5) is 35.3. The second kappa shape index (κ2) is 7.01. The predicted molar refractivity (Wildman–Crippen MR) is 110 cm³/mol. The maximum absolute atomic E-state index is 12.5. The number of ether oxygens (including phenoxy) is 1. The largest absolute Gasteiger partial charge is 0.475 e. The van der Waals surface area contributed by atoms with Crippen LogP contribution in [0.3, 0.4) is 0 Å². The number of H-pyrrole nitrogens is 1. The molecule has 4 aromatic rings. The average molecular weight is 386 g/mol. The Bertz CT molecular complexity index is 1280. The molecule has 7 nitrogen and oxygen atoms in total. The van der Waals surface area contributed by atoms with Crippen molar-refractivity contribution >= 4 is 27.5 Å². The van der Waals surface area contributed by atoms with Crippen molar-refractivity contribution in [1.29, 1.82) is 0 Å². The van der Waals surface area contributed by atoms with Crippen LogP contribution in [0.2, 0.25) is 0 Å². The van der Waals surface area contributed by atoms with E-state index in [1.54, 1.807) is 24.8 Å². The van der Waals surface area contributed by atoms with Crippen LogP contribution in [-0.2, 0) is 4.79 Å². The molecule has 0 aliphatic carbocycles. The van der Waals surface area contributed by atoms with Crippen LogP contribution in [0.1, 0.15) is 12.8 Å². The van der Waals surface area contributed by atoms with Crippen molar-refractivity contribution in [2.24, 2.45) is 0 Å². The Kier molecular flexibility index (Phi) is 4.20. The fourth-order valence-corrected chi connectivity index (χ4v) is 3.76. The van der Waals surface area contributed by atoms with E-state index in [4.69, 9.17) is 4.74 Å². The summed E-state index contributed by atoms with van der Waals surface area (Å²) < 4.78 is 5.95. The molecule has 0 bridgehead atoms. The number of nitrogens with one attached hydrogen (secondary N) is 2. The van der Waals surface area contributed by atoms with Gasteiger partial charge in [-0.3, -0.25) is 14.6 Å². The summed E-state index contributed by atoms with van der Waals surface area (Å²) in [7, 11) is 0. The van der Waals surface area contributed by atoms with E-state index in [9.17, 15) is 9.59 Å². The van der Waals surface area contributed by atoms with Crippen LogP contribution in [-0.4, -0.2) is 33.5 Å². The molecule has 0 spiro atoms. The number of carbonyl (C=O) groups excluding carboxylic acids is 1. The lowest BCUT2D eigenvalue weighted by Crippen LogP contribution is -2.31. The molecule has 1 aliphatic rings. The number of hydrogen-bond donors (Lipinski definition) is 2. The second-order valence-electron chi connectivity index (χ2n) is 7.12. The van der Waals surface area contributed by atoms with Gasteiger partial charge in [-0.1, -0.05) is 6.07 Å². The monoisotopic (exact) mass is 386 g/mol. The Balaban J connectivity index is 1.63. The predicted octanol–water partition coefficient (Wildman–Crippen LogP) is 2.80. The highest BCUT2D eigenvalue weighted by molar-refractivity contribution is 6.05. The Morgan fingerprint density at radius 2 is 2.03 bits per heavy atom. The number of fused-ring (bicyclic) bond motifs is 2. The summed E-state index contributed by atoms with van der Waals surface area (Å²) in [5, 5.41) is 5.99. The number of pyridine rings is 3. The van der Waals surface area contributed by atoms with Crippen LogP contribution >= 0.6 is 0 Å². The van der Waals surface area contributed by atoms with Crippen molar-refractivity contribution in [3.05, 3.63) is 65.5 Å². The third-order valence-corrected chi connectivity index (χ3v) is 5.23. The number of nitrogens with zero attached hydrogens (tertiary/aromatic N) is 2. The molecule has 2 N–H and O–H groups in total. The molecule has 7 heteroatoms. The van der Waals surface area contributed by atoms with E-state index in [-0.39, 0.29) is 17.5 Å². The van der Waals surface area contributed by atoms with Crippen molar-refractivity contribution < 1.29 is 9.53 Å². The summed E-state index contributed by atoms with van der Waals surface area (Å²) in [5.74, 6) is 0.541. The molecule has 1 aromatic carbocycles. The zero-order valence-corrected chi connectivity index (χ0v) is 15.5. The molecule has 5 rings (SSSR count). The summed E-state index contributed by atoms with van der Waals surface area (Å²) in [6.07, 6.45) is 8.13. The fourth-order valence-electron chi connectivity index (χ4n) is 3.76. The van der Waals surface area contributed by atoms with Crippen LogP contribution in [0.25, 0.3) is 32.7 Å². The molecule has 29 heavy (non-hydrogen) atoms. The van der Waals surface area contributed by atoms with E-state index in [0.717, 1.165) is 33.7 Å². The minimum absolute atomic E-state index is 0.00573. The van der Waals surface area contributed by atoms with Gasteiger partial charge in [0.15, 0.2) is 0 Å². The first-order valence-corrected chi connectivity index (χ1v) is 9.46. The van der Waals surface area contributed by atoms with Gasteiger partial charge in [-0.25, -0.2) is 4.98 Å². The van der Waals surface area contributed by atoms with E-state index >= 15 is 0 Å². The number of aromatic nitrogens is 3. The van der Waals surface area contributed by atoms with Crippen LogP contribution < -0.4 is 15.6 Å². The first-order valence-electron chi connectivity index (χ1n) is 9.46. The second-order valence-corrected chi connectivity index (χ2v) is 7.12. The van der Waals surface area contributed by atoms with Crippen molar-refractivity contribution in [2.75, 3.05) is 6.61 Å². The van der Waals surface area contributed by atoms with E-state index in [0.29, 0.717) is 24.3 Å². The van der Waals surface area contributed by atoms with Gasteiger partial charge < -0.3 is 15.0 Å². The fraction of sp³-hybridized carbons (Fsp3) is 0.182. The lowest BCUT2D eigenvalue weighted by molar-refractivity contribution is -0.119. The first-order chi connectivity index (χ1) is 14.2. The van der Waals surface area contributed by atoms with Gasteiger partial charge >= 0.3 is 0 Å². The molecule has 3 aromatic heterocycles. The van der Waals surface area contributed by atoms with E-state index in [1.807, 2.05) is 30.3 Å². The number of aromatic amines is 1. The third-order valence-electron chi connectivity index (χ3n) is 5.23. The lowest BCUT2D eigenvalue weighted by atomic mass is 9.99. The highest BCUT2D eigenvalue weighted by Crippen LogP contribution is 2.32. The smallest absolute Gasteiger partial charge is 0.255 e. The van der Waals surface area contributed by atoms with Gasteiger partial charge in [-0.15, -0.1) is 0 Å². The molecule has 1 amide bonds. The van der Waals surface area contributed by atoms with E-state index < -0.39 is 0 Å². The summed E-state index contributed by atoms with van der Waals surface area (Å²) in [6.45, 7) is 0.362. The van der Waals surface area contributed by atoms with Gasteiger partial charge in [0, 0.05) is 53.1 Å². The minimum Gasteiger partial charge on any atom is -0.475 e. The topological polar surface area (TPSA) is 97.0 Å². The first kappa shape index (κ1) is 17.4. The Hall–Kier alpha value is -3.74. The number of amides is 1. The van der Waals surface area contributed by atoms with E-state index in [2.05, 4.69) is 20.3 Å². The zero-order valence-electron chi connectivity index (χ0n) is 15.5. The maximum atomic E-state index is 12.5. The highest BCUT2D eigenvalue weighted by atomic mass is 16.5. The van der Waals surface area contributed by atoms with Gasteiger partial charge in [-0.05, 0) is 41.5 Å². The lowest BCUT2D eigenvalue weighted by Gasteiger charge is -2.14. The summed E-state index contributed by atoms with van der Waals surface area (Å²) >= 11 is 0. The Morgan fingerprint density at radius 3 is 2.83 bits per heavy atom. The van der Waals surface area contributed by atoms with Crippen LogP contribution in [0.4, 0.5) is 0 Å². The van der Waals surface area contributed by atoms with Gasteiger partial charge in [0.1, 0.15) is 6.61 Å². The molecule has 1 aliphatic heterocycles. The standard InChI is InChI=1S/C22H18N4O3/c27-20-4-3-15(26-20)12-29-22-16-9-17-18(8-13(16)5-7-24-22)21(28)25-11-19(17)14-2-1-6-23-10-14/h1-2,5-11,15H,3-4,12H2,(H,25,28)(H,26,27)/t15-/m0/s1.